The molecular weight excluding hydrogens is 1200 g/mol. The predicted molar refractivity (Wildman–Crippen MR) is 361 cm³/mol. The standard InChI is InChI=1S/C64H120N18O11/c1-11-40(8)42(10)78-60(93)47(36-83)35-55(88)51(30-39(6)7)82-59(92)46(29-38(4)5)34-54(87)50(22-17-27-77-64(72)73)80-57(90)44(19-14-24-74-61(66)67)33-53(86)48(20-15-25-75-62(68)69)79-56(89)43(18-12-13-23-65)32-52(85)49(21-16-26-76-63(70)71)81-58(91)45(28-37(2)3)31-41(9)84/h37-40,42-51,83H,11-36,65H2,1-10H3,(H,78,93)(H,79,89)(H,80,90)(H,81,91)(H,82,92)(H4,66,67,74)(H4,68,69,75)(H4,70,71,76)(H4,72,73,77)/t40-,42+,43+,44+,45+,46+,47-,48-,49-,50-,51-/m0/s1. The van der Waals surface area contributed by atoms with Crippen LogP contribution in [0.5, 0.6) is 0 Å². The summed E-state index contributed by atoms with van der Waals surface area (Å²) in [5, 5.41) is 66.0. The van der Waals surface area contributed by atoms with Gasteiger partial charge in [-0.1, -0.05) is 68.2 Å². The summed E-state index contributed by atoms with van der Waals surface area (Å²) in [5.41, 5.74) is 28.1. The van der Waals surface area contributed by atoms with E-state index in [0.29, 0.717) is 19.3 Å². The van der Waals surface area contributed by atoms with Crippen molar-refractivity contribution in [2.75, 3.05) is 39.3 Å². The lowest BCUT2D eigenvalue weighted by atomic mass is 9.87. The lowest BCUT2D eigenvalue weighted by Crippen LogP contribution is -2.49. The summed E-state index contributed by atoms with van der Waals surface area (Å²) >= 11 is 0. The molecule has 11 atom stereocenters. The molecule has 0 saturated carbocycles. The molecule has 29 heteroatoms. The number of carbonyl (C=O) groups excluding carboxylic acids is 10. The van der Waals surface area contributed by atoms with Crippen molar-refractivity contribution in [3.05, 3.63) is 0 Å². The van der Waals surface area contributed by atoms with Crippen molar-refractivity contribution in [1.29, 1.82) is 21.6 Å². The Labute approximate surface area is 552 Å². The zero-order valence-corrected chi connectivity index (χ0v) is 57.4. The van der Waals surface area contributed by atoms with Gasteiger partial charge < -0.3 is 86.4 Å². The van der Waals surface area contributed by atoms with Crippen molar-refractivity contribution in [1.82, 2.24) is 47.9 Å². The van der Waals surface area contributed by atoms with Gasteiger partial charge in [0.15, 0.2) is 47.0 Å². The van der Waals surface area contributed by atoms with Crippen LogP contribution in [0.2, 0.25) is 0 Å². The monoisotopic (exact) mass is 1320 g/mol. The van der Waals surface area contributed by atoms with Crippen molar-refractivity contribution in [3.63, 3.8) is 0 Å². The Morgan fingerprint density at radius 3 is 1.02 bits per heavy atom. The van der Waals surface area contributed by atoms with Gasteiger partial charge in [-0.3, -0.25) is 64.8 Å². The zero-order valence-electron chi connectivity index (χ0n) is 57.4. The predicted octanol–water partition coefficient (Wildman–Crippen LogP) is 1.69. The van der Waals surface area contributed by atoms with Crippen LogP contribution in [-0.4, -0.2) is 157 Å². The molecule has 0 saturated heterocycles. The van der Waals surface area contributed by atoms with Gasteiger partial charge in [0.1, 0.15) is 5.78 Å². The summed E-state index contributed by atoms with van der Waals surface area (Å²) in [5.74, 6) is -11.7. The number of aliphatic hydroxyl groups is 1. The Morgan fingerprint density at radius 1 is 0.387 bits per heavy atom. The molecule has 0 bridgehead atoms. The molecule has 5 amide bonds. The quantitative estimate of drug-likeness (QED) is 0.0234. The van der Waals surface area contributed by atoms with E-state index in [0.717, 1.165) is 6.42 Å². The van der Waals surface area contributed by atoms with E-state index >= 15 is 0 Å². The van der Waals surface area contributed by atoms with Crippen molar-refractivity contribution >= 4 is 82.3 Å². The summed E-state index contributed by atoms with van der Waals surface area (Å²) in [4.78, 5) is 141. The third-order valence-electron chi connectivity index (χ3n) is 16.3. The van der Waals surface area contributed by atoms with E-state index in [9.17, 15) is 53.1 Å². The number of aliphatic hydroxyl groups excluding tert-OH is 1. The Morgan fingerprint density at radius 2 is 0.688 bits per heavy atom. The highest BCUT2D eigenvalue weighted by Crippen LogP contribution is 2.24. The summed E-state index contributed by atoms with van der Waals surface area (Å²) in [6.45, 7) is 18.7. The van der Waals surface area contributed by atoms with Gasteiger partial charge in [0, 0.05) is 88.0 Å². The third-order valence-corrected chi connectivity index (χ3v) is 16.3. The fraction of sp³-hybridized carbons (Fsp3) is 0.781. The summed E-state index contributed by atoms with van der Waals surface area (Å²) < 4.78 is 0. The Bertz CT molecular complexity index is 2410. The molecule has 29 nitrogen and oxygen atoms in total. The van der Waals surface area contributed by atoms with Gasteiger partial charge in [-0.2, -0.15) is 0 Å². The molecule has 0 aliphatic heterocycles. The minimum atomic E-state index is -1.28. The number of ketones is 5. The molecule has 0 aromatic rings. The number of hydrogen-bond donors (Lipinski definition) is 19. The van der Waals surface area contributed by atoms with Crippen molar-refractivity contribution in [3.8, 4) is 0 Å². The van der Waals surface area contributed by atoms with Crippen LogP contribution in [0.3, 0.4) is 0 Å². The number of hydrogen-bond acceptors (Lipinski definition) is 16. The van der Waals surface area contributed by atoms with E-state index in [1.165, 1.54) is 6.92 Å². The highest BCUT2D eigenvalue weighted by atomic mass is 16.3. The first-order valence-corrected chi connectivity index (χ1v) is 33.4. The third kappa shape index (κ3) is 39.1. The van der Waals surface area contributed by atoms with E-state index in [4.69, 9.17) is 50.3 Å². The van der Waals surface area contributed by atoms with Crippen molar-refractivity contribution in [2.45, 2.75) is 228 Å². The summed E-state index contributed by atoms with van der Waals surface area (Å²) in [7, 11) is 0. The van der Waals surface area contributed by atoms with Gasteiger partial charge in [-0.15, -0.1) is 0 Å². The van der Waals surface area contributed by atoms with Gasteiger partial charge in [0.2, 0.25) is 29.5 Å². The second-order valence-electron chi connectivity index (χ2n) is 26.3. The van der Waals surface area contributed by atoms with Crippen LogP contribution >= 0.6 is 0 Å². The van der Waals surface area contributed by atoms with E-state index in [1.807, 2.05) is 62.3 Å². The maximum atomic E-state index is 14.9. The average Bonchev–Trinajstić information content (AvgIpc) is 1.14. The number of nitrogens with one attached hydrogen (secondary N) is 13. The number of guanidine groups is 4. The van der Waals surface area contributed by atoms with Gasteiger partial charge >= 0.3 is 0 Å². The van der Waals surface area contributed by atoms with Crippen molar-refractivity contribution < 1.29 is 53.1 Å². The van der Waals surface area contributed by atoms with Crippen LogP contribution in [0, 0.1) is 74.9 Å². The molecule has 0 unspecified atom stereocenters. The molecule has 0 aliphatic carbocycles. The molecule has 0 heterocycles. The molecule has 24 N–H and O–H groups in total. The lowest BCUT2D eigenvalue weighted by molar-refractivity contribution is -0.136. The van der Waals surface area contributed by atoms with Crippen LogP contribution in [0.4, 0.5) is 0 Å². The van der Waals surface area contributed by atoms with Crippen LogP contribution in [0.1, 0.15) is 198 Å². The molecule has 0 aliphatic rings. The number of rotatable bonds is 53. The Balaban J connectivity index is 7.45. The Kier molecular flexibility index (Phi) is 43.8. The van der Waals surface area contributed by atoms with E-state index in [2.05, 4.69) is 47.9 Å². The Hall–Kier alpha value is -7.30. The number of nitrogens with two attached hydrogens (primary N) is 5. The maximum Gasteiger partial charge on any atom is 0.226 e. The smallest absolute Gasteiger partial charge is 0.226 e. The molecular formula is C64H120N18O11. The van der Waals surface area contributed by atoms with Crippen LogP contribution in [-0.2, 0) is 47.9 Å². The van der Waals surface area contributed by atoms with Gasteiger partial charge in [0.25, 0.3) is 0 Å². The minimum absolute atomic E-state index is 0.00620. The number of amides is 5. The topological polar surface area (TPSA) is 525 Å². The number of carbonyl (C=O) groups is 10. The molecule has 0 aromatic carbocycles. The van der Waals surface area contributed by atoms with Crippen LogP contribution < -0.4 is 76.5 Å². The first-order valence-electron chi connectivity index (χ1n) is 33.4. The van der Waals surface area contributed by atoms with Crippen LogP contribution in [0.25, 0.3) is 0 Å². The average molecular weight is 1320 g/mol. The summed E-state index contributed by atoms with van der Waals surface area (Å²) in [6.07, 6.45) is 1.89. The first kappa shape index (κ1) is 85.7. The normalized spacial score (nSPS) is 14.9. The molecule has 0 radical (unpaired) electrons. The highest BCUT2D eigenvalue weighted by Gasteiger charge is 2.37. The van der Waals surface area contributed by atoms with E-state index < -0.39 is 119 Å². The largest absolute Gasteiger partial charge is 0.396 e. The van der Waals surface area contributed by atoms with Crippen molar-refractivity contribution in [2.24, 2.45) is 81.9 Å². The fourth-order valence-corrected chi connectivity index (χ4v) is 10.9. The number of unbranched alkanes of at least 4 members (excludes halogenated alkanes) is 1. The summed E-state index contributed by atoms with van der Waals surface area (Å²) in [6, 6.07) is -4.93. The van der Waals surface area contributed by atoms with E-state index in [-0.39, 0.29) is 188 Å². The fourth-order valence-electron chi connectivity index (χ4n) is 10.9. The molecule has 0 spiro atoms. The highest BCUT2D eigenvalue weighted by molar-refractivity contribution is 5.98. The second kappa shape index (κ2) is 47.6. The van der Waals surface area contributed by atoms with Crippen LogP contribution in [0.15, 0.2) is 0 Å². The first-order chi connectivity index (χ1) is 43.6. The molecule has 93 heavy (non-hydrogen) atoms. The van der Waals surface area contributed by atoms with Gasteiger partial charge in [0.05, 0.1) is 36.7 Å². The second-order valence-corrected chi connectivity index (χ2v) is 26.3. The molecule has 0 aromatic heterocycles. The van der Waals surface area contributed by atoms with Gasteiger partial charge in [-0.25, -0.2) is 0 Å². The van der Waals surface area contributed by atoms with Gasteiger partial charge in [-0.05, 0) is 128 Å². The number of Topliss-reactive ketones (excluding diaryl/α,β-unsaturated/α-hetero) is 5. The molecule has 532 valence electrons. The zero-order chi connectivity index (χ0) is 70.9. The minimum Gasteiger partial charge on any atom is -0.396 e. The molecule has 0 fully saturated rings. The lowest BCUT2D eigenvalue weighted by Gasteiger charge is -2.28. The van der Waals surface area contributed by atoms with E-state index in [1.54, 1.807) is 0 Å². The molecule has 0 rings (SSSR count). The SMILES string of the molecule is CC[C@H](C)[C@@H](C)NC(=O)[C@H](CO)CC(=O)[C@H](CC(C)C)NC(=O)[C@@H](CC(=O)[C@H](CCCNC(=N)N)NC(=O)[C@H](CCCNC(=N)N)CC(=O)[C@H](CCCNC(=N)N)NC(=O)[C@H](CCCCN)CC(=O)[C@H](CCCNC(=N)N)NC(=O)[C@@H](CC(C)=O)CC(C)C)CC(C)C. The maximum absolute atomic E-state index is 14.9.